The Bertz CT molecular complexity index is 1580. The number of fused-ring (bicyclic) bond motifs is 1. The number of hydrogen-bond acceptors (Lipinski definition) is 5. The van der Waals surface area contributed by atoms with Gasteiger partial charge >= 0.3 is 6.18 Å². The van der Waals surface area contributed by atoms with Crippen LogP contribution in [0.2, 0.25) is 4.34 Å². The van der Waals surface area contributed by atoms with Crippen LogP contribution >= 0.6 is 22.9 Å². The number of nitrogens with one attached hydrogen (secondary N) is 1. The van der Waals surface area contributed by atoms with E-state index in [0.29, 0.717) is 22.1 Å². The molecule has 4 aromatic rings. The third-order valence-corrected chi connectivity index (χ3v) is 7.97. The van der Waals surface area contributed by atoms with Crippen LogP contribution in [0.3, 0.4) is 0 Å². The summed E-state index contributed by atoms with van der Waals surface area (Å²) in [7, 11) is 0. The van der Waals surface area contributed by atoms with Gasteiger partial charge in [0.1, 0.15) is 4.34 Å². The topological polar surface area (TPSA) is 84.3 Å². The van der Waals surface area contributed by atoms with Crippen molar-refractivity contribution in [1.82, 2.24) is 20.0 Å². The van der Waals surface area contributed by atoms with E-state index in [1.54, 1.807) is 35.1 Å². The Morgan fingerprint density at radius 3 is 2.33 bits per heavy atom. The van der Waals surface area contributed by atoms with Crippen molar-refractivity contribution in [2.24, 2.45) is 0 Å². The van der Waals surface area contributed by atoms with Crippen LogP contribution in [-0.2, 0) is 19.1 Å². The highest BCUT2D eigenvalue weighted by Gasteiger charge is 2.38. The Morgan fingerprint density at radius 2 is 1.68 bits per heavy atom. The fraction of sp³-hybridized carbons (Fsp3) is 0.214. The maximum absolute atomic E-state index is 13.8. The van der Waals surface area contributed by atoms with Crippen molar-refractivity contribution in [3.8, 4) is 11.3 Å². The standard InChI is InChI=1S/C28H22ClF3N4O3S/c1-2-36-22(11-12-33-36)20-14-23(40-24(20)29)25(37)34-17(13-16-7-3-6-10-21(16)28(30,31)32)15-35-26(38)18-8-4-5-9-19(18)27(35)39/h3-12,14,17H,2,13,15H2,1H3,(H,34,37)/t17-/m0/s1. The zero-order valence-corrected chi connectivity index (χ0v) is 22.6. The summed E-state index contributed by atoms with van der Waals surface area (Å²) in [5, 5.41) is 6.97. The first-order chi connectivity index (χ1) is 19.1. The van der Waals surface area contributed by atoms with Crippen LogP contribution in [0, 0.1) is 0 Å². The fourth-order valence-corrected chi connectivity index (χ4v) is 5.95. The van der Waals surface area contributed by atoms with Crippen molar-refractivity contribution in [3.05, 3.63) is 98.3 Å². The van der Waals surface area contributed by atoms with Gasteiger partial charge < -0.3 is 5.32 Å². The summed E-state index contributed by atoms with van der Waals surface area (Å²) in [6.07, 6.45) is -3.29. The average Bonchev–Trinajstić information content (AvgIpc) is 3.61. The first kappa shape index (κ1) is 27.6. The average molecular weight is 587 g/mol. The number of nitrogens with zero attached hydrogens (tertiary/aromatic N) is 3. The van der Waals surface area contributed by atoms with E-state index in [4.69, 9.17) is 11.6 Å². The van der Waals surface area contributed by atoms with Gasteiger partial charge in [-0.3, -0.25) is 24.0 Å². The molecule has 3 heterocycles. The van der Waals surface area contributed by atoms with Crippen LogP contribution in [-0.4, -0.2) is 45.0 Å². The molecule has 12 heteroatoms. The van der Waals surface area contributed by atoms with Crippen molar-refractivity contribution in [1.29, 1.82) is 0 Å². The molecule has 0 bridgehead atoms. The summed E-state index contributed by atoms with van der Waals surface area (Å²) in [6.45, 7) is 2.17. The second kappa shape index (κ2) is 10.9. The number of hydrogen-bond donors (Lipinski definition) is 1. The Labute approximate surface area is 236 Å². The third-order valence-electron chi connectivity index (χ3n) is 6.61. The quantitative estimate of drug-likeness (QED) is 0.259. The SMILES string of the molecule is CCn1nccc1-c1cc(C(=O)N[C@@H](Cc2ccccc2C(F)(F)F)CN2C(=O)c3ccccc3C2=O)sc1Cl. The maximum atomic E-state index is 13.8. The second-order valence-corrected chi connectivity index (χ2v) is 10.8. The molecule has 0 radical (unpaired) electrons. The number of imide groups is 1. The van der Waals surface area contributed by atoms with Crippen molar-refractivity contribution >= 4 is 40.7 Å². The van der Waals surface area contributed by atoms with Gasteiger partial charge in [-0.05, 0) is 49.2 Å². The van der Waals surface area contributed by atoms with Gasteiger partial charge in [0, 0.05) is 24.8 Å². The van der Waals surface area contributed by atoms with Crippen molar-refractivity contribution < 1.29 is 27.6 Å². The minimum absolute atomic E-state index is 0.0753. The van der Waals surface area contributed by atoms with Gasteiger partial charge in [0.2, 0.25) is 0 Å². The maximum Gasteiger partial charge on any atom is 0.416 e. The van der Waals surface area contributed by atoms with E-state index >= 15 is 0 Å². The molecular formula is C28H22ClF3N4O3S. The van der Waals surface area contributed by atoms with E-state index < -0.39 is 35.5 Å². The smallest absolute Gasteiger partial charge is 0.346 e. The molecule has 0 spiro atoms. The van der Waals surface area contributed by atoms with E-state index in [1.807, 2.05) is 6.92 Å². The molecule has 7 nitrogen and oxygen atoms in total. The fourth-order valence-electron chi connectivity index (χ4n) is 4.75. The van der Waals surface area contributed by atoms with Gasteiger partial charge in [-0.25, -0.2) is 0 Å². The number of alkyl halides is 3. The summed E-state index contributed by atoms with van der Waals surface area (Å²) < 4.78 is 43.3. The molecule has 0 unspecified atom stereocenters. The monoisotopic (exact) mass is 586 g/mol. The van der Waals surface area contributed by atoms with Crippen molar-refractivity contribution in [3.63, 3.8) is 0 Å². The highest BCUT2D eigenvalue weighted by molar-refractivity contribution is 7.18. The largest absolute Gasteiger partial charge is 0.416 e. The zero-order valence-electron chi connectivity index (χ0n) is 21.0. The molecule has 1 N–H and O–H groups in total. The number of aromatic nitrogens is 2. The Kier molecular flexibility index (Phi) is 7.52. The van der Waals surface area contributed by atoms with Gasteiger partial charge in [-0.15, -0.1) is 11.3 Å². The Morgan fingerprint density at radius 1 is 1.02 bits per heavy atom. The summed E-state index contributed by atoms with van der Waals surface area (Å²) in [6, 6.07) is 13.6. The van der Waals surface area contributed by atoms with Crippen LogP contribution in [0.1, 0.15) is 48.4 Å². The van der Waals surface area contributed by atoms with E-state index in [-0.39, 0.29) is 34.5 Å². The molecule has 0 saturated carbocycles. The van der Waals surface area contributed by atoms with E-state index in [9.17, 15) is 27.6 Å². The van der Waals surface area contributed by atoms with Crippen LogP contribution in [0.25, 0.3) is 11.3 Å². The Balaban J connectivity index is 1.45. The van der Waals surface area contributed by atoms with Crippen LogP contribution in [0.5, 0.6) is 0 Å². The first-order valence-electron chi connectivity index (χ1n) is 12.3. The number of benzene rings is 2. The van der Waals surface area contributed by atoms with Crippen LogP contribution in [0.4, 0.5) is 13.2 Å². The number of carbonyl (C=O) groups excluding carboxylic acids is 3. The number of thiophene rings is 1. The van der Waals surface area contributed by atoms with E-state index in [0.717, 1.165) is 22.3 Å². The zero-order chi connectivity index (χ0) is 28.6. The summed E-state index contributed by atoms with van der Waals surface area (Å²) in [5.74, 6) is -1.73. The lowest BCUT2D eigenvalue weighted by molar-refractivity contribution is -0.138. The van der Waals surface area contributed by atoms with Crippen LogP contribution < -0.4 is 5.32 Å². The van der Waals surface area contributed by atoms with Gasteiger partial charge in [0.25, 0.3) is 17.7 Å². The molecule has 3 amide bonds. The number of amides is 3. The molecule has 2 aromatic carbocycles. The van der Waals surface area contributed by atoms with Gasteiger partial charge in [-0.1, -0.05) is 41.9 Å². The number of carbonyl (C=O) groups is 3. The summed E-state index contributed by atoms with van der Waals surface area (Å²) >= 11 is 7.46. The highest BCUT2D eigenvalue weighted by atomic mass is 35.5. The molecule has 0 saturated heterocycles. The van der Waals surface area contributed by atoms with Crippen molar-refractivity contribution in [2.75, 3.05) is 6.54 Å². The highest BCUT2D eigenvalue weighted by Crippen LogP contribution is 2.36. The van der Waals surface area contributed by atoms with Crippen LogP contribution in [0.15, 0.2) is 66.9 Å². The van der Waals surface area contributed by atoms with Gasteiger partial charge in [-0.2, -0.15) is 18.3 Å². The minimum atomic E-state index is -4.63. The Hall–Kier alpha value is -3.96. The molecule has 1 aliphatic heterocycles. The summed E-state index contributed by atoms with van der Waals surface area (Å²) in [5.41, 5.74) is 0.783. The van der Waals surface area contributed by atoms with E-state index in [2.05, 4.69) is 10.4 Å². The van der Waals surface area contributed by atoms with Gasteiger partial charge in [0.05, 0.1) is 33.3 Å². The molecule has 0 fully saturated rings. The molecule has 0 aliphatic carbocycles. The van der Waals surface area contributed by atoms with Gasteiger partial charge in [0.15, 0.2) is 0 Å². The predicted octanol–water partition coefficient (Wildman–Crippen LogP) is 5.94. The predicted molar refractivity (Wildman–Crippen MR) is 144 cm³/mol. The second-order valence-electron chi connectivity index (χ2n) is 9.13. The minimum Gasteiger partial charge on any atom is -0.346 e. The normalized spacial score (nSPS) is 14.0. The molecule has 1 atom stereocenters. The molecule has 206 valence electrons. The van der Waals surface area contributed by atoms with E-state index in [1.165, 1.54) is 30.3 Å². The lowest BCUT2D eigenvalue weighted by Gasteiger charge is -2.25. The number of aryl methyl sites for hydroxylation is 1. The first-order valence-corrected chi connectivity index (χ1v) is 13.5. The molecule has 2 aromatic heterocycles. The number of halogens is 4. The third kappa shape index (κ3) is 5.26. The molecular weight excluding hydrogens is 565 g/mol. The number of rotatable bonds is 8. The molecule has 1 aliphatic rings. The molecule has 5 rings (SSSR count). The lowest BCUT2D eigenvalue weighted by atomic mass is 9.99. The lowest BCUT2D eigenvalue weighted by Crippen LogP contribution is -2.47. The summed E-state index contributed by atoms with van der Waals surface area (Å²) in [4.78, 5) is 40.6. The van der Waals surface area contributed by atoms with Crippen molar-refractivity contribution in [2.45, 2.75) is 32.1 Å². The molecule has 40 heavy (non-hydrogen) atoms.